The maximum absolute atomic E-state index is 11.0. The molecule has 1 aromatic carbocycles. The van der Waals surface area contributed by atoms with Gasteiger partial charge in [0, 0.05) is 45.9 Å². The Bertz CT molecular complexity index is 686. The number of carbonyl (C=O) groups is 1. The number of benzene rings is 1. The zero-order valence-electron chi connectivity index (χ0n) is 13.7. The Hall–Kier alpha value is -1.81. The van der Waals surface area contributed by atoms with Crippen LogP contribution in [0.2, 0.25) is 0 Å². The molecule has 0 aliphatic carbocycles. The summed E-state index contributed by atoms with van der Waals surface area (Å²) in [6, 6.07) is 14.9. The molecule has 1 N–H and O–H groups in total. The Morgan fingerprint density at radius 1 is 1.33 bits per heavy atom. The zero-order chi connectivity index (χ0) is 16.7. The van der Waals surface area contributed by atoms with Crippen LogP contribution >= 0.6 is 0 Å². The molecule has 0 saturated heterocycles. The number of aliphatic hydroxyl groups is 1. The third kappa shape index (κ3) is 6.36. The van der Waals surface area contributed by atoms with Crippen molar-refractivity contribution in [1.82, 2.24) is 4.98 Å². The summed E-state index contributed by atoms with van der Waals surface area (Å²) in [5.74, 6) is -0.147. The summed E-state index contributed by atoms with van der Waals surface area (Å²) < 4.78 is 5.40. The molecule has 24 heavy (non-hydrogen) atoms. The van der Waals surface area contributed by atoms with Gasteiger partial charge in [-0.1, -0.05) is 12.1 Å². The van der Waals surface area contributed by atoms with E-state index in [2.05, 4.69) is 11.1 Å². The van der Waals surface area contributed by atoms with E-state index >= 15 is 0 Å². The smallest absolute Gasteiger partial charge is 0.155 e. The number of rotatable bonds is 7. The number of ether oxygens (including phenoxy) is 1. The van der Waals surface area contributed by atoms with Crippen LogP contribution in [0.4, 0.5) is 0 Å². The summed E-state index contributed by atoms with van der Waals surface area (Å²) in [4.78, 5) is 15.3. The molecular weight excluding hydrogens is 482 g/mol. The van der Waals surface area contributed by atoms with E-state index in [1.807, 2.05) is 36.4 Å². The standard InChI is InChI=1S/C19H20NO3.Ir/c1-14(21)10-17(22)13-18(23-2)12-15-6-5-7-16(11-15)19-8-3-4-9-20-19;/h3-10,18,22H,12-13H2,1-2H3;/q-1;. The number of carbonyl (C=O) groups excluding carboxylic acids is 1. The van der Waals surface area contributed by atoms with Crippen LogP contribution in [0.15, 0.2) is 54.4 Å². The van der Waals surface area contributed by atoms with Crippen LogP contribution in [0.5, 0.6) is 0 Å². The number of nitrogens with zero attached hydrogens (tertiary/aromatic N) is 1. The largest absolute Gasteiger partial charge is 0.512 e. The summed E-state index contributed by atoms with van der Waals surface area (Å²) in [6.45, 7) is 1.40. The number of pyridine rings is 1. The van der Waals surface area contributed by atoms with Gasteiger partial charge in [-0.2, -0.15) is 0 Å². The first-order valence-corrected chi connectivity index (χ1v) is 7.44. The van der Waals surface area contributed by atoms with Gasteiger partial charge in [0.1, 0.15) is 0 Å². The zero-order valence-corrected chi connectivity index (χ0v) is 16.0. The average molecular weight is 503 g/mol. The van der Waals surface area contributed by atoms with Crippen LogP contribution in [0, 0.1) is 6.07 Å². The van der Waals surface area contributed by atoms with Crippen molar-refractivity contribution in [2.75, 3.05) is 7.11 Å². The maximum atomic E-state index is 11.0. The molecule has 1 unspecified atom stereocenters. The van der Waals surface area contributed by atoms with E-state index in [4.69, 9.17) is 4.74 Å². The second-order valence-corrected chi connectivity index (χ2v) is 5.32. The van der Waals surface area contributed by atoms with Gasteiger partial charge in [-0.05, 0) is 25.1 Å². The van der Waals surface area contributed by atoms with Crippen LogP contribution in [0.1, 0.15) is 18.9 Å². The van der Waals surface area contributed by atoms with Gasteiger partial charge in [-0.3, -0.25) is 4.79 Å². The molecule has 0 bridgehead atoms. The van der Waals surface area contributed by atoms with E-state index in [9.17, 15) is 9.90 Å². The van der Waals surface area contributed by atoms with Crippen LogP contribution in [0.25, 0.3) is 11.3 Å². The van der Waals surface area contributed by atoms with Gasteiger partial charge in [0.25, 0.3) is 0 Å². The van der Waals surface area contributed by atoms with E-state index in [0.717, 1.165) is 16.8 Å². The van der Waals surface area contributed by atoms with Gasteiger partial charge < -0.3 is 14.8 Å². The molecule has 5 heteroatoms. The van der Waals surface area contributed by atoms with Crippen molar-refractivity contribution in [3.8, 4) is 11.3 Å². The minimum atomic E-state index is -0.221. The number of hydrogen-bond acceptors (Lipinski definition) is 4. The fourth-order valence-electron chi connectivity index (χ4n) is 2.32. The van der Waals surface area contributed by atoms with Crippen molar-refractivity contribution in [2.24, 2.45) is 0 Å². The quantitative estimate of drug-likeness (QED) is 0.358. The van der Waals surface area contributed by atoms with Crippen molar-refractivity contribution >= 4 is 5.78 Å². The van der Waals surface area contributed by atoms with Gasteiger partial charge in [-0.15, -0.1) is 35.4 Å². The Morgan fingerprint density at radius 2 is 2.12 bits per heavy atom. The van der Waals surface area contributed by atoms with Crippen molar-refractivity contribution in [2.45, 2.75) is 25.9 Å². The minimum absolute atomic E-state index is 0. The predicted molar refractivity (Wildman–Crippen MR) is 89.0 cm³/mol. The van der Waals surface area contributed by atoms with Gasteiger partial charge in [0.2, 0.25) is 0 Å². The van der Waals surface area contributed by atoms with Crippen molar-refractivity contribution < 1.29 is 34.7 Å². The summed E-state index contributed by atoms with van der Waals surface area (Å²) in [6.07, 6.45) is 3.63. The number of aliphatic hydroxyl groups excluding tert-OH is 1. The second-order valence-electron chi connectivity index (χ2n) is 5.32. The summed E-state index contributed by atoms with van der Waals surface area (Å²) in [5, 5.41) is 9.77. The third-order valence-electron chi connectivity index (χ3n) is 3.38. The molecule has 0 saturated carbocycles. The molecule has 2 rings (SSSR count). The predicted octanol–water partition coefficient (Wildman–Crippen LogP) is 3.52. The molecule has 1 radical (unpaired) electrons. The second kappa shape index (κ2) is 10.1. The van der Waals surface area contributed by atoms with E-state index in [1.54, 1.807) is 13.3 Å². The average Bonchev–Trinajstić information content (AvgIpc) is 2.54. The molecule has 129 valence electrons. The van der Waals surface area contributed by atoms with Crippen LogP contribution < -0.4 is 0 Å². The van der Waals surface area contributed by atoms with Gasteiger partial charge in [0.15, 0.2) is 5.78 Å². The molecule has 1 heterocycles. The van der Waals surface area contributed by atoms with E-state index in [0.29, 0.717) is 6.42 Å². The van der Waals surface area contributed by atoms with Crippen molar-refractivity contribution in [1.29, 1.82) is 0 Å². The molecule has 0 aliphatic heterocycles. The number of aromatic nitrogens is 1. The van der Waals surface area contributed by atoms with Crippen molar-refractivity contribution in [3.05, 3.63) is 66.1 Å². The van der Waals surface area contributed by atoms with E-state index < -0.39 is 0 Å². The molecule has 2 aromatic rings. The molecular formula is C19H20IrNO3-. The summed E-state index contributed by atoms with van der Waals surface area (Å²) >= 11 is 0. The topological polar surface area (TPSA) is 59.4 Å². The SMILES string of the molecule is COC(CC(O)=CC(C)=O)Cc1[c-]c(-c2ccccn2)ccc1.[Ir]. The number of hydrogen-bond donors (Lipinski definition) is 1. The molecule has 0 fully saturated rings. The Labute approximate surface area is 155 Å². The Balaban J connectivity index is 0.00000288. The fourth-order valence-corrected chi connectivity index (χ4v) is 2.32. The molecule has 0 amide bonds. The summed E-state index contributed by atoms with van der Waals surface area (Å²) in [7, 11) is 1.59. The van der Waals surface area contributed by atoms with Crippen LogP contribution in [-0.2, 0) is 36.1 Å². The van der Waals surface area contributed by atoms with Gasteiger partial charge >= 0.3 is 0 Å². The molecule has 4 nitrogen and oxygen atoms in total. The van der Waals surface area contributed by atoms with Crippen LogP contribution in [-0.4, -0.2) is 29.1 Å². The monoisotopic (exact) mass is 503 g/mol. The molecule has 0 spiro atoms. The normalized spacial score (nSPS) is 12.3. The number of methoxy groups -OCH3 is 1. The Morgan fingerprint density at radius 3 is 2.75 bits per heavy atom. The van der Waals surface area contributed by atoms with Gasteiger partial charge in [0.05, 0.1) is 11.9 Å². The van der Waals surface area contributed by atoms with E-state index in [-0.39, 0.29) is 44.2 Å². The van der Waals surface area contributed by atoms with Crippen molar-refractivity contribution in [3.63, 3.8) is 0 Å². The molecule has 0 aliphatic rings. The molecule has 1 aromatic heterocycles. The number of ketones is 1. The minimum Gasteiger partial charge on any atom is -0.512 e. The first-order valence-electron chi connectivity index (χ1n) is 7.44. The number of allylic oxidation sites excluding steroid dienone is 1. The summed E-state index contributed by atoms with van der Waals surface area (Å²) in [5.41, 5.74) is 2.75. The van der Waals surface area contributed by atoms with E-state index in [1.165, 1.54) is 13.0 Å². The van der Waals surface area contributed by atoms with Gasteiger partial charge in [-0.25, -0.2) is 0 Å². The van der Waals surface area contributed by atoms with Crippen LogP contribution in [0.3, 0.4) is 0 Å². The first-order chi connectivity index (χ1) is 11.1. The fraction of sp³-hybridized carbons (Fsp3) is 0.263. The first kappa shape index (κ1) is 20.2. The maximum Gasteiger partial charge on any atom is 0.155 e. The Kier molecular flexibility index (Phi) is 8.55. The molecule has 1 atom stereocenters. The third-order valence-corrected chi connectivity index (χ3v) is 3.38.